The standard InChI is InChI=1S/C20H36O5S2/c1-14(2)16(21)12-26(8,18(3,4)5)25-27(23,24)13-20-10-9-15(11-17(20)22)19(20,6)7/h14-15H,9-13H2,1-8H3. The van der Waals surface area contributed by atoms with E-state index in [-0.39, 0.29) is 40.3 Å². The predicted molar refractivity (Wildman–Crippen MR) is 111 cm³/mol. The van der Waals surface area contributed by atoms with E-state index in [0.717, 1.165) is 6.42 Å². The van der Waals surface area contributed by atoms with Crippen molar-refractivity contribution in [2.45, 2.75) is 72.5 Å². The third kappa shape index (κ3) is 3.88. The van der Waals surface area contributed by atoms with Gasteiger partial charge in [0.1, 0.15) is 11.6 Å². The summed E-state index contributed by atoms with van der Waals surface area (Å²) < 4.78 is 31.7. The molecule has 0 aromatic carbocycles. The fourth-order valence-electron chi connectivity index (χ4n) is 4.44. The highest BCUT2D eigenvalue weighted by molar-refractivity contribution is 8.33. The van der Waals surface area contributed by atoms with Gasteiger partial charge in [-0.1, -0.05) is 48.5 Å². The monoisotopic (exact) mass is 420 g/mol. The quantitative estimate of drug-likeness (QED) is 0.619. The van der Waals surface area contributed by atoms with Gasteiger partial charge in [0.15, 0.2) is 0 Å². The molecule has 3 unspecified atom stereocenters. The number of carbonyl (C=O) groups excluding carboxylic acids is 2. The van der Waals surface area contributed by atoms with Gasteiger partial charge in [-0.05, 0) is 30.4 Å². The van der Waals surface area contributed by atoms with Crippen LogP contribution in [0, 0.1) is 22.7 Å². The van der Waals surface area contributed by atoms with Crippen LogP contribution in [0.2, 0.25) is 0 Å². The van der Waals surface area contributed by atoms with E-state index in [4.69, 9.17) is 3.63 Å². The zero-order chi connectivity index (χ0) is 21.1. The average molecular weight is 421 g/mol. The van der Waals surface area contributed by atoms with Crippen LogP contribution in [-0.2, 0) is 23.3 Å². The van der Waals surface area contributed by atoms with Crippen LogP contribution in [-0.4, -0.2) is 42.5 Å². The van der Waals surface area contributed by atoms with E-state index < -0.39 is 30.6 Å². The first-order valence-corrected chi connectivity index (χ1v) is 13.4. The number of hydrogen-bond acceptors (Lipinski definition) is 5. The highest BCUT2D eigenvalue weighted by atomic mass is 32.3. The van der Waals surface area contributed by atoms with E-state index >= 15 is 0 Å². The van der Waals surface area contributed by atoms with E-state index in [1.807, 2.05) is 48.5 Å². The molecule has 2 bridgehead atoms. The van der Waals surface area contributed by atoms with Crippen molar-refractivity contribution in [2.75, 3.05) is 17.8 Å². The largest absolute Gasteiger partial charge is 0.299 e. The van der Waals surface area contributed by atoms with Crippen LogP contribution < -0.4 is 0 Å². The molecule has 0 saturated heterocycles. The van der Waals surface area contributed by atoms with Crippen LogP contribution in [0.3, 0.4) is 0 Å². The number of rotatable bonds is 7. The molecule has 2 saturated carbocycles. The molecule has 2 aliphatic carbocycles. The second-order valence-corrected chi connectivity index (χ2v) is 15.8. The smallest absolute Gasteiger partial charge is 0.277 e. The molecule has 27 heavy (non-hydrogen) atoms. The highest BCUT2D eigenvalue weighted by Gasteiger charge is 2.65. The van der Waals surface area contributed by atoms with Crippen LogP contribution in [0.5, 0.6) is 0 Å². The van der Waals surface area contributed by atoms with Crippen molar-refractivity contribution in [2.24, 2.45) is 22.7 Å². The first-order valence-electron chi connectivity index (χ1n) is 9.73. The topological polar surface area (TPSA) is 77.5 Å². The minimum absolute atomic E-state index is 0.00833. The Hall–Kier alpha value is -0.400. The molecule has 0 aromatic rings. The lowest BCUT2D eigenvalue weighted by Crippen LogP contribution is -2.44. The first kappa shape index (κ1) is 22.9. The zero-order valence-corrected chi connectivity index (χ0v) is 19.7. The summed E-state index contributed by atoms with van der Waals surface area (Å²) in [6.45, 7) is 13.4. The minimum Gasteiger partial charge on any atom is -0.299 e. The van der Waals surface area contributed by atoms with E-state index in [9.17, 15) is 18.0 Å². The Morgan fingerprint density at radius 3 is 2.19 bits per heavy atom. The second-order valence-electron chi connectivity index (χ2n) is 10.3. The molecule has 3 atom stereocenters. The van der Waals surface area contributed by atoms with Gasteiger partial charge < -0.3 is 0 Å². The van der Waals surface area contributed by atoms with Gasteiger partial charge in [-0.25, -0.2) is 3.63 Å². The van der Waals surface area contributed by atoms with Gasteiger partial charge in [-0.15, -0.1) is 10.3 Å². The predicted octanol–water partition coefficient (Wildman–Crippen LogP) is 4.10. The Kier molecular flexibility index (Phi) is 5.80. The van der Waals surface area contributed by atoms with Gasteiger partial charge >= 0.3 is 0 Å². The molecule has 0 N–H and O–H groups in total. The maximum absolute atomic E-state index is 13.2. The Morgan fingerprint density at radius 1 is 1.26 bits per heavy atom. The number of ketones is 2. The van der Waals surface area contributed by atoms with E-state index in [0.29, 0.717) is 12.8 Å². The third-order valence-corrected chi connectivity index (χ3v) is 13.5. The van der Waals surface area contributed by atoms with Gasteiger partial charge in [0, 0.05) is 17.1 Å². The molecule has 0 spiro atoms. The van der Waals surface area contributed by atoms with Gasteiger partial charge in [0.25, 0.3) is 10.1 Å². The molecule has 2 rings (SSSR count). The summed E-state index contributed by atoms with van der Waals surface area (Å²) in [5.41, 5.74) is -1.18. The number of Topliss-reactive ketones (excluding diaryl/α,β-unsaturated/α-hetero) is 2. The molecule has 2 fully saturated rings. The van der Waals surface area contributed by atoms with Crippen LogP contribution in [0.4, 0.5) is 0 Å². The van der Waals surface area contributed by atoms with Gasteiger partial charge in [0.2, 0.25) is 0 Å². The highest BCUT2D eigenvalue weighted by Crippen LogP contribution is 2.65. The van der Waals surface area contributed by atoms with Crippen molar-refractivity contribution in [1.29, 1.82) is 0 Å². The lowest BCUT2D eigenvalue weighted by atomic mass is 9.70. The first-order chi connectivity index (χ1) is 12.0. The Bertz CT molecular complexity index is 732. The van der Waals surface area contributed by atoms with Crippen molar-refractivity contribution in [3.8, 4) is 0 Å². The fraction of sp³-hybridized carbons (Fsp3) is 0.900. The number of carbonyl (C=O) groups is 2. The Balaban J connectivity index is 2.32. The van der Waals surface area contributed by atoms with Crippen LogP contribution in [0.15, 0.2) is 0 Å². The lowest BCUT2D eigenvalue weighted by molar-refractivity contribution is -0.128. The summed E-state index contributed by atoms with van der Waals surface area (Å²) in [6.07, 6.45) is 3.75. The molecule has 2 aliphatic rings. The summed E-state index contributed by atoms with van der Waals surface area (Å²) in [5, 5.41) is 0. The minimum atomic E-state index is -3.96. The van der Waals surface area contributed by atoms with Crippen molar-refractivity contribution in [1.82, 2.24) is 0 Å². The summed E-state index contributed by atoms with van der Waals surface area (Å²) in [6, 6.07) is 0. The van der Waals surface area contributed by atoms with Crippen LogP contribution in [0.25, 0.3) is 0 Å². The molecular weight excluding hydrogens is 384 g/mol. The van der Waals surface area contributed by atoms with E-state index in [1.165, 1.54) is 0 Å². The molecule has 0 amide bonds. The van der Waals surface area contributed by atoms with Gasteiger partial charge in [0.05, 0.1) is 16.9 Å². The molecule has 158 valence electrons. The summed E-state index contributed by atoms with van der Waals surface area (Å²) in [5.74, 6) is -0.00765. The average Bonchev–Trinajstić information content (AvgIpc) is 2.78. The fourth-order valence-corrected chi connectivity index (χ4v) is 10.1. The number of fused-ring (bicyclic) bond motifs is 2. The maximum Gasteiger partial charge on any atom is 0.277 e. The molecule has 0 radical (unpaired) electrons. The normalized spacial score (nSPS) is 31.1. The Labute approximate surface area is 166 Å². The molecular formula is C20H36O5S2. The van der Waals surface area contributed by atoms with Crippen molar-refractivity contribution in [3.63, 3.8) is 0 Å². The molecule has 0 aliphatic heterocycles. The van der Waals surface area contributed by atoms with Crippen molar-refractivity contribution in [3.05, 3.63) is 0 Å². The summed E-state index contributed by atoms with van der Waals surface area (Å²) >= 11 is 0. The molecule has 5 nitrogen and oxygen atoms in total. The number of hydrogen-bond donors (Lipinski definition) is 0. The zero-order valence-electron chi connectivity index (χ0n) is 18.0. The van der Waals surface area contributed by atoms with Crippen molar-refractivity contribution < 1.29 is 21.6 Å². The SMILES string of the molecule is CC(C)C(=O)CS(C)(OS(=O)(=O)CC12CCC(CC1=O)C2(C)C)C(C)(C)C. The van der Waals surface area contributed by atoms with E-state index in [2.05, 4.69) is 0 Å². The van der Waals surface area contributed by atoms with Gasteiger partial charge in [-0.3, -0.25) is 9.59 Å². The van der Waals surface area contributed by atoms with Crippen LogP contribution >= 0.6 is 10.3 Å². The molecule has 0 heterocycles. The molecule has 0 aromatic heterocycles. The Morgan fingerprint density at radius 2 is 1.81 bits per heavy atom. The summed E-state index contributed by atoms with van der Waals surface area (Å²) in [4.78, 5) is 25.1. The third-order valence-electron chi connectivity index (χ3n) is 7.17. The second kappa shape index (κ2) is 6.84. The van der Waals surface area contributed by atoms with Gasteiger partial charge in [-0.2, -0.15) is 8.42 Å². The lowest BCUT2D eigenvalue weighted by Gasteiger charge is -2.46. The summed E-state index contributed by atoms with van der Waals surface area (Å²) in [7, 11) is -6.18. The van der Waals surface area contributed by atoms with Crippen LogP contribution in [0.1, 0.15) is 67.7 Å². The van der Waals surface area contributed by atoms with E-state index in [1.54, 1.807) is 6.26 Å². The maximum atomic E-state index is 13.2. The molecule has 7 heteroatoms. The van der Waals surface area contributed by atoms with Crippen molar-refractivity contribution >= 4 is 32.0 Å².